The molecule has 1 aromatic heterocycles. The van der Waals surface area contributed by atoms with Crippen LogP contribution in [0.15, 0.2) is 47.8 Å². The highest BCUT2D eigenvalue weighted by molar-refractivity contribution is 7.17. The van der Waals surface area contributed by atoms with Crippen LogP contribution in [-0.2, 0) is 0 Å². The topological polar surface area (TPSA) is 46.5 Å². The minimum Gasteiger partial charge on any atom is -0.495 e. The molecule has 0 aliphatic carbocycles. The first kappa shape index (κ1) is 12.7. The van der Waals surface area contributed by atoms with Gasteiger partial charge in [0.25, 0.3) is 0 Å². The van der Waals surface area contributed by atoms with Crippen molar-refractivity contribution in [3.8, 4) is 16.9 Å². The maximum Gasteiger partial charge on any atom is 0.336 e. The molecule has 20 heavy (non-hydrogen) atoms. The van der Waals surface area contributed by atoms with Gasteiger partial charge in [-0.25, -0.2) is 4.79 Å². The van der Waals surface area contributed by atoms with E-state index in [1.54, 1.807) is 13.2 Å². The number of methoxy groups -OCH3 is 1. The predicted octanol–water partition coefficient (Wildman–Crippen LogP) is 4.28. The monoisotopic (exact) mass is 284 g/mol. The van der Waals surface area contributed by atoms with Crippen LogP contribution >= 0.6 is 11.3 Å². The van der Waals surface area contributed by atoms with Crippen LogP contribution in [0.25, 0.3) is 21.2 Å². The van der Waals surface area contributed by atoms with Crippen LogP contribution in [-0.4, -0.2) is 18.2 Å². The van der Waals surface area contributed by atoms with Crippen LogP contribution in [0.5, 0.6) is 5.75 Å². The van der Waals surface area contributed by atoms with Crippen LogP contribution in [0.2, 0.25) is 0 Å². The van der Waals surface area contributed by atoms with Crippen molar-refractivity contribution in [2.75, 3.05) is 7.11 Å². The molecule has 4 heteroatoms. The maximum absolute atomic E-state index is 11.6. The van der Waals surface area contributed by atoms with E-state index in [-0.39, 0.29) is 5.56 Å². The number of carboxylic acids is 1. The van der Waals surface area contributed by atoms with Gasteiger partial charge in [0.2, 0.25) is 0 Å². The number of benzene rings is 2. The molecule has 0 bridgehead atoms. The second kappa shape index (κ2) is 4.98. The smallest absolute Gasteiger partial charge is 0.336 e. The van der Waals surface area contributed by atoms with Crippen LogP contribution in [0, 0.1) is 0 Å². The first-order valence-corrected chi connectivity index (χ1v) is 6.97. The third-order valence-corrected chi connectivity index (χ3v) is 4.07. The SMILES string of the molecule is COc1c(-c2ccccc2)c(C(=O)O)cc2sccc12. The van der Waals surface area contributed by atoms with Gasteiger partial charge in [0, 0.05) is 15.6 Å². The number of hydrogen-bond acceptors (Lipinski definition) is 3. The third kappa shape index (κ3) is 1.94. The van der Waals surface area contributed by atoms with Crippen molar-refractivity contribution in [1.29, 1.82) is 0 Å². The average molecular weight is 284 g/mol. The number of thiophene rings is 1. The largest absolute Gasteiger partial charge is 0.495 e. The first-order valence-electron chi connectivity index (χ1n) is 6.09. The number of ether oxygens (including phenoxy) is 1. The number of hydrogen-bond donors (Lipinski definition) is 1. The van der Waals surface area contributed by atoms with E-state index in [9.17, 15) is 9.90 Å². The molecular formula is C16H12O3S. The molecule has 0 spiro atoms. The summed E-state index contributed by atoms with van der Waals surface area (Å²) in [6.07, 6.45) is 0. The lowest BCUT2D eigenvalue weighted by Crippen LogP contribution is -2.02. The molecule has 0 unspecified atom stereocenters. The molecule has 1 N–H and O–H groups in total. The van der Waals surface area contributed by atoms with Crippen LogP contribution < -0.4 is 4.74 Å². The van der Waals surface area contributed by atoms with Crippen molar-refractivity contribution in [1.82, 2.24) is 0 Å². The van der Waals surface area contributed by atoms with E-state index in [1.807, 2.05) is 41.8 Å². The minimum absolute atomic E-state index is 0.267. The molecule has 0 radical (unpaired) electrons. The van der Waals surface area contributed by atoms with Crippen LogP contribution in [0.3, 0.4) is 0 Å². The van der Waals surface area contributed by atoms with Gasteiger partial charge in [-0.15, -0.1) is 11.3 Å². The average Bonchev–Trinajstić information content (AvgIpc) is 2.94. The normalized spacial score (nSPS) is 10.7. The van der Waals surface area contributed by atoms with Gasteiger partial charge in [-0.3, -0.25) is 0 Å². The predicted molar refractivity (Wildman–Crippen MR) is 80.8 cm³/mol. The van der Waals surface area contributed by atoms with E-state index in [4.69, 9.17) is 4.74 Å². The molecule has 3 rings (SSSR count). The summed E-state index contributed by atoms with van der Waals surface area (Å²) in [5, 5.41) is 12.4. The summed E-state index contributed by atoms with van der Waals surface area (Å²) in [7, 11) is 1.57. The van der Waals surface area contributed by atoms with E-state index < -0.39 is 5.97 Å². The van der Waals surface area contributed by atoms with Gasteiger partial charge in [-0.1, -0.05) is 30.3 Å². The Hall–Kier alpha value is -2.33. The second-order valence-electron chi connectivity index (χ2n) is 4.34. The van der Waals surface area contributed by atoms with Gasteiger partial charge in [-0.2, -0.15) is 0 Å². The fourth-order valence-corrected chi connectivity index (χ4v) is 3.18. The van der Waals surface area contributed by atoms with Crippen LogP contribution in [0.1, 0.15) is 10.4 Å². The van der Waals surface area contributed by atoms with E-state index in [1.165, 1.54) is 11.3 Å². The Morgan fingerprint density at radius 1 is 1.20 bits per heavy atom. The number of carbonyl (C=O) groups is 1. The Morgan fingerprint density at radius 3 is 2.60 bits per heavy atom. The molecule has 0 atom stereocenters. The van der Waals surface area contributed by atoms with E-state index in [0.717, 1.165) is 15.6 Å². The lowest BCUT2D eigenvalue weighted by atomic mass is 9.97. The molecule has 1 heterocycles. The van der Waals surface area contributed by atoms with Crippen molar-refractivity contribution in [2.45, 2.75) is 0 Å². The Morgan fingerprint density at radius 2 is 1.95 bits per heavy atom. The second-order valence-corrected chi connectivity index (χ2v) is 5.28. The lowest BCUT2D eigenvalue weighted by molar-refractivity contribution is 0.0697. The van der Waals surface area contributed by atoms with Crippen molar-refractivity contribution in [2.24, 2.45) is 0 Å². The molecular weight excluding hydrogens is 272 g/mol. The zero-order valence-corrected chi connectivity index (χ0v) is 11.6. The fourth-order valence-electron chi connectivity index (χ4n) is 2.35. The summed E-state index contributed by atoms with van der Waals surface area (Å²) in [5.41, 5.74) is 1.74. The molecule has 0 fully saturated rings. The summed E-state index contributed by atoms with van der Waals surface area (Å²) in [6, 6.07) is 13.1. The highest BCUT2D eigenvalue weighted by Crippen LogP contribution is 2.41. The maximum atomic E-state index is 11.6. The number of aromatic carboxylic acids is 1. The summed E-state index contributed by atoms with van der Waals surface area (Å²) < 4.78 is 6.42. The number of carboxylic acid groups (broad SMARTS) is 1. The third-order valence-electron chi connectivity index (χ3n) is 3.21. The van der Waals surface area contributed by atoms with E-state index in [0.29, 0.717) is 11.3 Å². The summed E-state index contributed by atoms with van der Waals surface area (Å²) in [4.78, 5) is 11.6. The van der Waals surface area contributed by atoms with Crippen LogP contribution in [0.4, 0.5) is 0 Å². The molecule has 3 nitrogen and oxygen atoms in total. The highest BCUT2D eigenvalue weighted by Gasteiger charge is 2.20. The van der Waals surface area contributed by atoms with Gasteiger partial charge >= 0.3 is 5.97 Å². The summed E-state index contributed by atoms with van der Waals surface area (Å²) in [6.45, 7) is 0. The van der Waals surface area contributed by atoms with Crippen molar-refractivity contribution in [3.05, 3.63) is 53.4 Å². The molecule has 0 saturated carbocycles. The Balaban J connectivity index is 2.43. The fraction of sp³-hybridized carbons (Fsp3) is 0.0625. The molecule has 3 aromatic rings. The zero-order chi connectivity index (χ0) is 14.1. The molecule has 0 amide bonds. The standard InChI is InChI=1S/C16H12O3S/c1-19-15-11-7-8-20-13(11)9-12(16(17)18)14(15)10-5-3-2-4-6-10/h2-9H,1H3,(H,17,18). The quantitative estimate of drug-likeness (QED) is 0.781. The van der Waals surface area contributed by atoms with Gasteiger partial charge in [0.15, 0.2) is 0 Å². The number of fused-ring (bicyclic) bond motifs is 1. The van der Waals surface area contributed by atoms with Crippen molar-refractivity contribution in [3.63, 3.8) is 0 Å². The van der Waals surface area contributed by atoms with E-state index >= 15 is 0 Å². The highest BCUT2D eigenvalue weighted by atomic mass is 32.1. The van der Waals surface area contributed by atoms with Gasteiger partial charge < -0.3 is 9.84 Å². The Labute approximate surface area is 120 Å². The molecule has 0 aliphatic rings. The first-order chi connectivity index (χ1) is 9.72. The minimum atomic E-state index is -0.947. The van der Waals surface area contributed by atoms with E-state index in [2.05, 4.69) is 0 Å². The summed E-state index contributed by atoms with van der Waals surface area (Å²) in [5.74, 6) is -0.329. The van der Waals surface area contributed by atoms with Gasteiger partial charge in [-0.05, 0) is 23.1 Å². The number of rotatable bonds is 3. The van der Waals surface area contributed by atoms with Crippen molar-refractivity contribution >= 4 is 27.4 Å². The summed E-state index contributed by atoms with van der Waals surface area (Å²) >= 11 is 1.51. The Kier molecular flexibility index (Phi) is 3.16. The molecule has 0 aliphatic heterocycles. The zero-order valence-electron chi connectivity index (χ0n) is 10.8. The Bertz CT molecular complexity index is 775. The van der Waals surface area contributed by atoms with Crippen molar-refractivity contribution < 1.29 is 14.6 Å². The molecule has 0 saturated heterocycles. The molecule has 100 valence electrons. The van der Waals surface area contributed by atoms with Gasteiger partial charge in [0.05, 0.1) is 12.7 Å². The van der Waals surface area contributed by atoms with Gasteiger partial charge in [0.1, 0.15) is 5.75 Å². The lowest BCUT2D eigenvalue weighted by Gasteiger charge is -2.13. The molecule has 2 aromatic carbocycles.